The van der Waals surface area contributed by atoms with Gasteiger partial charge in [-0.1, -0.05) is 43.7 Å². The second-order valence-electron chi connectivity index (χ2n) is 5.85. The molecule has 0 radical (unpaired) electrons. The molecule has 4 nitrogen and oxygen atoms in total. The fourth-order valence-corrected chi connectivity index (χ4v) is 3.83. The molecule has 1 atom stereocenters. The van der Waals surface area contributed by atoms with Crippen LogP contribution in [0.3, 0.4) is 0 Å². The minimum absolute atomic E-state index is 0.367. The number of hydrogen-bond donors (Lipinski definition) is 1. The molecule has 0 spiro atoms. The summed E-state index contributed by atoms with van der Waals surface area (Å²) in [6.45, 7) is 3.46. The smallest absolute Gasteiger partial charge is 0.211 e. The van der Waals surface area contributed by atoms with E-state index in [-0.39, 0.29) is 0 Å². The summed E-state index contributed by atoms with van der Waals surface area (Å²) in [6, 6.07) is 11.3. The van der Waals surface area contributed by atoms with Gasteiger partial charge in [-0.2, -0.15) is 0 Å². The fraction of sp³-hybridized carbons (Fsp3) is 0.625. The lowest BCUT2D eigenvalue weighted by atomic mass is 9.98. The molecule has 1 aliphatic rings. The highest BCUT2D eigenvalue weighted by atomic mass is 32.2. The summed E-state index contributed by atoms with van der Waals surface area (Å²) in [4.78, 5) is 0. The van der Waals surface area contributed by atoms with Gasteiger partial charge in [0, 0.05) is 25.2 Å². The van der Waals surface area contributed by atoms with Crippen molar-refractivity contribution in [1.29, 1.82) is 0 Å². The Hall–Kier alpha value is -0.910. The summed E-state index contributed by atoms with van der Waals surface area (Å²) in [5.74, 6) is 0. The second-order valence-corrected chi connectivity index (χ2v) is 7.84. The van der Waals surface area contributed by atoms with Crippen molar-refractivity contribution in [2.75, 3.05) is 19.3 Å². The average Bonchev–Trinajstić information content (AvgIpc) is 2.47. The minimum atomic E-state index is -3.03. The van der Waals surface area contributed by atoms with E-state index in [1.165, 1.54) is 11.8 Å². The van der Waals surface area contributed by atoms with Crippen LogP contribution in [0.25, 0.3) is 0 Å². The first-order valence-electron chi connectivity index (χ1n) is 7.77. The molecular weight excluding hydrogens is 284 g/mol. The van der Waals surface area contributed by atoms with Crippen LogP contribution in [0.4, 0.5) is 0 Å². The molecule has 5 heteroatoms. The number of benzene rings is 1. The van der Waals surface area contributed by atoms with Crippen molar-refractivity contribution in [3.63, 3.8) is 0 Å². The Morgan fingerprint density at radius 1 is 1.24 bits per heavy atom. The van der Waals surface area contributed by atoms with Gasteiger partial charge in [0.25, 0.3) is 0 Å². The third-order valence-corrected chi connectivity index (χ3v) is 5.44. The van der Waals surface area contributed by atoms with Crippen molar-refractivity contribution in [2.24, 2.45) is 0 Å². The van der Waals surface area contributed by atoms with E-state index in [4.69, 9.17) is 0 Å². The maximum atomic E-state index is 11.5. The summed E-state index contributed by atoms with van der Waals surface area (Å²) in [5, 5.41) is 3.72. The Labute approximate surface area is 128 Å². The Bertz CT molecular complexity index is 522. The summed E-state index contributed by atoms with van der Waals surface area (Å²) in [7, 11) is -3.03. The van der Waals surface area contributed by atoms with Gasteiger partial charge in [-0.25, -0.2) is 12.7 Å². The number of nitrogens with one attached hydrogen (secondary N) is 1. The number of sulfonamides is 1. The molecule has 0 aromatic heterocycles. The van der Waals surface area contributed by atoms with Crippen LogP contribution in [0, 0.1) is 0 Å². The molecule has 0 aliphatic carbocycles. The lowest BCUT2D eigenvalue weighted by Gasteiger charge is -2.33. The molecule has 21 heavy (non-hydrogen) atoms. The molecule has 1 saturated heterocycles. The highest BCUT2D eigenvalue weighted by molar-refractivity contribution is 7.88. The van der Waals surface area contributed by atoms with Crippen molar-refractivity contribution in [3.05, 3.63) is 35.9 Å². The maximum Gasteiger partial charge on any atom is 0.211 e. The molecule has 1 fully saturated rings. The first-order valence-corrected chi connectivity index (χ1v) is 9.61. The molecular formula is C16H26N2O2S. The first kappa shape index (κ1) is 16.5. The zero-order valence-electron chi connectivity index (χ0n) is 13.0. The van der Waals surface area contributed by atoms with E-state index in [1.807, 2.05) is 6.07 Å². The van der Waals surface area contributed by atoms with Crippen molar-refractivity contribution in [3.8, 4) is 0 Å². The Morgan fingerprint density at radius 3 is 2.38 bits per heavy atom. The predicted octanol–water partition coefficient (Wildman–Crippen LogP) is 2.54. The van der Waals surface area contributed by atoms with Crippen LogP contribution < -0.4 is 5.32 Å². The Kier molecular flexibility index (Phi) is 5.79. The molecule has 0 bridgehead atoms. The van der Waals surface area contributed by atoms with Crippen LogP contribution in [-0.2, 0) is 10.0 Å². The zero-order chi connectivity index (χ0) is 15.3. The van der Waals surface area contributed by atoms with Gasteiger partial charge in [-0.15, -0.1) is 0 Å². The number of nitrogens with zero attached hydrogens (tertiary/aromatic N) is 1. The Balaban J connectivity index is 1.94. The molecule has 1 unspecified atom stereocenters. The number of rotatable bonds is 6. The SMILES string of the molecule is CCCC(NC1CCN(S(C)(=O)=O)CC1)c1ccccc1. The van der Waals surface area contributed by atoms with Crippen molar-refractivity contribution >= 4 is 10.0 Å². The van der Waals surface area contributed by atoms with E-state index in [2.05, 4.69) is 36.5 Å². The normalized spacial score (nSPS) is 19.5. The quantitative estimate of drug-likeness (QED) is 0.878. The standard InChI is InChI=1S/C16H26N2O2S/c1-3-7-16(14-8-5-4-6-9-14)17-15-10-12-18(13-11-15)21(2,19)20/h4-6,8-9,15-17H,3,7,10-13H2,1-2H3. The maximum absolute atomic E-state index is 11.5. The molecule has 1 N–H and O–H groups in total. The zero-order valence-corrected chi connectivity index (χ0v) is 13.8. The van der Waals surface area contributed by atoms with Crippen molar-refractivity contribution in [2.45, 2.75) is 44.7 Å². The molecule has 1 aliphatic heterocycles. The van der Waals surface area contributed by atoms with Gasteiger partial charge in [0.15, 0.2) is 0 Å². The number of hydrogen-bond acceptors (Lipinski definition) is 3. The van der Waals surface area contributed by atoms with Gasteiger partial charge in [-0.05, 0) is 24.8 Å². The molecule has 0 amide bonds. The third kappa shape index (κ3) is 4.80. The van der Waals surface area contributed by atoms with E-state index >= 15 is 0 Å². The van der Waals surface area contributed by atoms with Gasteiger partial charge in [0.05, 0.1) is 6.26 Å². The summed E-state index contributed by atoms with van der Waals surface area (Å²) < 4.78 is 24.7. The molecule has 1 aromatic carbocycles. The summed E-state index contributed by atoms with van der Waals surface area (Å²) >= 11 is 0. The topological polar surface area (TPSA) is 49.4 Å². The van der Waals surface area contributed by atoms with Crippen LogP contribution in [0.15, 0.2) is 30.3 Å². The summed E-state index contributed by atoms with van der Waals surface area (Å²) in [5.41, 5.74) is 1.32. The van der Waals surface area contributed by atoms with Gasteiger partial charge in [0.2, 0.25) is 10.0 Å². The highest BCUT2D eigenvalue weighted by Gasteiger charge is 2.26. The van der Waals surface area contributed by atoms with Crippen LogP contribution in [0.1, 0.15) is 44.2 Å². The van der Waals surface area contributed by atoms with Crippen molar-refractivity contribution < 1.29 is 8.42 Å². The predicted molar refractivity (Wildman–Crippen MR) is 86.7 cm³/mol. The van der Waals surface area contributed by atoms with Crippen LogP contribution >= 0.6 is 0 Å². The van der Waals surface area contributed by atoms with Crippen LogP contribution in [0.5, 0.6) is 0 Å². The fourth-order valence-electron chi connectivity index (χ4n) is 2.96. The van der Waals surface area contributed by atoms with E-state index in [0.717, 1.165) is 25.7 Å². The molecule has 1 heterocycles. The van der Waals surface area contributed by atoms with Gasteiger partial charge >= 0.3 is 0 Å². The average molecular weight is 310 g/mol. The van der Waals surface area contributed by atoms with Crippen molar-refractivity contribution in [1.82, 2.24) is 9.62 Å². The van der Waals surface area contributed by atoms with E-state index in [1.54, 1.807) is 4.31 Å². The largest absolute Gasteiger partial charge is 0.307 e. The van der Waals surface area contributed by atoms with E-state index in [0.29, 0.717) is 25.2 Å². The van der Waals surface area contributed by atoms with Gasteiger partial charge < -0.3 is 5.32 Å². The molecule has 2 rings (SSSR count). The molecule has 0 saturated carbocycles. The molecule has 118 valence electrons. The van der Waals surface area contributed by atoms with Gasteiger partial charge in [0.1, 0.15) is 0 Å². The Morgan fingerprint density at radius 2 is 1.86 bits per heavy atom. The van der Waals surface area contributed by atoms with Crippen LogP contribution in [0.2, 0.25) is 0 Å². The number of piperidine rings is 1. The minimum Gasteiger partial charge on any atom is -0.307 e. The lowest BCUT2D eigenvalue weighted by Crippen LogP contribution is -2.45. The summed E-state index contributed by atoms with van der Waals surface area (Å²) in [6.07, 6.45) is 5.32. The first-order chi connectivity index (χ1) is 10.0. The molecule has 1 aromatic rings. The lowest BCUT2D eigenvalue weighted by molar-refractivity contribution is 0.270. The van der Waals surface area contributed by atoms with Gasteiger partial charge in [-0.3, -0.25) is 0 Å². The third-order valence-electron chi connectivity index (χ3n) is 4.14. The monoisotopic (exact) mass is 310 g/mol. The van der Waals surface area contributed by atoms with E-state index < -0.39 is 10.0 Å². The van der Waals surface area contributed by atoms with Crippen LogP contribution in [-0.4, -0.2) is 38.1 Å². The van der Waals surface area contributed by atoms with E-state index in [9.17, 15) is 8.42 Å². The highest BCUT2D eigenvalue weighted by Crippen LogP contribution is 2.22. The second kappa shape index (κ2) is 7.38.